The number of ether oxygens (including phenoxy) is 2. The van der Waals surface area contributed by atoms with Gasteiger partial charge in [-0.15, -0.1) is 0 Å². The zero-order chi connectivity index (χ0) is 11.8. The lowest BCUT2D eigenvalue weighted by Crippen LogP contribution is -2.24. The van der Waals surface area contributed by atoms with Crippen molar-refractivity contribution in [2.24, 2.45) is 0 Å². The Kier molecular flexibility index (Phi) is 2.85. The molecule has 2 atom stereocenters. The maximum Gasteiger partial charge on any atom is 0.111 e. The number of pyridine rings is 1. The highest BCUT2D eigenvalue weighted by Crippen LogP contribution is 2.23. The van der Waals surface area contributed by atoms with Gasteiger partial charge in [-0.2, -0.15) is 5.10 Å². The van der Waals surface area contributed by atoms with Crippen molar-refractivity contribution in [2.75, 3.05) is 20.3 Å². The van der Waals surface area contributed by atoms with Crippen LogP contribution in [0.5, 0.6) is 0 Å². The Labute approximate surface area is 107 Å². The lowest BCUT2D eigenvalue weighted by molar-refractivity contribution is 0.0666. The topological polar surface area (TPSA) is 49.2 Å². The van der Waals surface area contributed by atoms with E-state index in [2.05, 4.69) is 26.0 Å². The molecule has 1 aliphatic rings. The van der Waals surface area contributed by atoms with E-state index < -0.39 is 0 Å². The molecule has 0 radical (unpaired) electrons. The smallest absolute Gasteiger partial charge is 0.111 e. The first kappa shape index (κ1) is 11.1. The number of fused-ring (bicyclic) bond motifs is 1. The minimum Gasteiger partial charge on any atom is -0.377 e. The fourth-order valence-corrected chi connectivity index (χ4v) is 2.39. The maximum absolute atomic E-state index is 5.42. The number of methoxy groups -OCH3 is 1. The molecule has 0 aliphatic carbocycles. The first-order valence-corrected chi connectivity index (χ1v) is 6.19. The highest BCUT2D eigenvalue weighted by Gasteiger charge is 2.30. The van der Waals surface area contributed by atoms with Crippen LogP contribution >= 0.6 is 15.9 Å². The molecule has 0 aromatic carbocycles. The molecule has 1 saturated heterocycles. The van der Waals surface area contributed by atoms with Crippen molar-refractivity contribution in [3.8, 4) is 0 Å². The van der Waals surface area contributed by atoms with Crippen LogP contribution in [0.2, 0.25) is 0 Å². The quantitative estimate of drug-likeness (QED) is 0.793. The minimum absolute atomic E-state index is 0.0627. The van der Waals surface area contributed by atoms with Crippen molar-refractivity contribution in [1.82, 2.24) is 14.8 Å². The van der Waals surface area contributed by atoms with Crippen molar-refractivity contribution in [1.29, 1.82) is 0 Å². The summed E-state index contributed by atoms with van der Waals surface area (Å²) in [5.74, 6) is 0. The van der Waals surface area contributed by atoms with Crippen molar-refractivity contribution in [3.05, 3.63) is 22.9 Å². The van der Waals surface area contributed by atoms with Gasteiger partial charge in [-0.05, 0) is 28.1 Å². The summed E-state index contributed by atoms with van der Waals surface area (Å²) in [5.41, 5.74) is 1.76. The van der Waals surface area contributed by atoms with Gasteiger partial charge in [0.2, 0.25) is 0 Å². The van der Waals surface area contributed by atoms with Gasteiger partial charge in [-0.3, -0.25) is 4.68 Å². The van der Waals surface area contributed by atoms with Crippen LogP contribution in [-0.2, 0) is 9.47 Å². The number of aromatic nitrogens is 3. The van der Waals surface area contributed by atoms with E-state index in [0.29, 0.717) is 13.2 Å². The summed E-state index contributed by atoms with van der Waals surface area (Å²) >= 11 is 3.35. The van der Waals surface area contributed by atoms with Gasteiger partial charge in [-0.1, -0.05) is 0 Å². The van der Waals surface area contributed by atoms with E-state index in [1.54, 1.807) is 7.11 Å². The van der Waals surface area contributed by atoms with Gasteiger partial charge in [0.1, 0.15) is 27.8 Å². The van der Waals surface area contributed by atoms with Gasteiger partial charge in [0.25, 0.3) is 0 Å². The van der Waals surface area contributed by atoms with Crippen LogP contribution in [0.15, 0.2) is 22.9 Å². The Morgan fingerprint density at radius 1 is 1.41 bits per heavy atom. The third-order valence-electron chi connectivity index (χ3n) is 2.99. The molecule has 5 nitrogen and oxygen atoms in total. The first-order valence-electron chi connectivity index (χ1n) is 5.40. The average molecular weight is 298 g/mol. The van der Waals surface area contributed by atoms with E-state index in [9.17, 15) is 0 Å². The first-order chi connectivity index (χ1) is 8.28. The van der Waals surface area contributed by atoms with Gasteiger partial charge in [-0.25, -0.2) is 4.98 Å². The van der Waals surface area contributed by atoms with Crippen molar-refractivity contribution < 1.29 is 9.47 Å². The molecule has 0 saturated carbocycles. The van der Waals surface area contributed by atoms with Crippen molar-refractivity contribution in [3.63, 3.8) is 0 Å². The molecule has 1 aliphatic heterocycles. The summed E-state index contributed by atoms with van der Waals surface area (Å²) in [6.07, 6.45) is 2.00. The largest absolute Gasteiger partial charge is 0.377 e. The fourth-order valence-electron chi connectivity index (χ4n) is 2.07. The molecule has 0 N–H and O–H groups in total. The molecule has 1 fully saturated rings. The summed E-state index contributed by atoms with van der Waals surface area (Å²) in [6, 6.07) is 3.96. The predicted octanol–water partition coefficient (Wildman–Crippen LogP) is 1.78. The van der Waals surface area contributed by atoms with E-state index in [1.807, 2.05) is 23.0 Å². The number of hydrogen-bond donors (Lipinski definition) is 0. The van der Waals surface area contributed by atoms with Gasteiger partial charge >= 0.3 is 0 Å². The molecule has 0 bridgehead atoms. The lowest BCUT2D eigenvalue weighted by atomic mass is 10.2. The monoisotopic (exact) mass is 297 g/mol. The standard InChI is InChI=1S/C11H12BrN3O2/c1-16-10-6-17-5-9(10)15-4-8-7(14-15)2-3-11(12)13-8/h2-4,9-10H,5-6H2,1H3/t9-,10-/m0/s1. The Morgan fingerprint density at radius 3 is 3.12 bits per heavy atom. The maximum atomic E-state index is 5.42. The van der Waals surface area contributed by atoms with E-state index in [4.69, 9.17) is 9.47 Å². The van der Waals surface area contributed by atoms with Crippen LogP contribution in [0.1, 0.15) is 6.04 Å². The van der Waals surface area contributed by atoms with Crippen molar-refractivity contribution >= 4 is 27.0 Å². The molecule has 3 rings (SSSR count). The molecule has 2 aromatic heterocycles. The van der Waals surface area contributed by atoms with Gasteiger partial charge in [0.15, 0.2) is 0 Å². The van der Waals surface area contributed by atoms with Gasteiger partial charge in [0, 0.05) is 7.11 Å². The molecular formula is C11H12BrN3O2. The molecular weight excluding hydrogens is 286 g/mol. The second-order valence-electron chi connectivity index (χ2n) is 4.03. The Morgan fingerprint density at radius 2 is 2.29 bits per heavy atom. The zero-order valence-corrected chi connectivity index (χ0v) is 10.9. The molecule has 0 unspecified atom stereocenters. The summed E-state index contributed by atoms with van der Waals surface area (Å²) in [7, 11) is 1.70. The molecule has 3 heterocycles. The summed E-state index contributed by atoms with van der Waals surface area (Å²) in [4.78, 5) is 4.37. The second kappa shape index (κ2) is 4.36. The number of nitrogens with zero attached hydrogens (tertiary/aromatic N) is 3. The Balaban J connectivity index is 2.00. The Hall–Kier alpha value is -0.980. The minimum atomic E-state index is 0.0627. The number of hydrogen-bond acceptors (Lipinski definition) is 4. The molecule has 2 aromatic rings. The Bertz CT molecular complexity index is 542. The number of rotatable bonds is 2. The molecule has 17 heavy (non-hydrogen) atoms. The normalized spacial score (nSPS) is 24.6. The van der Waals surface area contributed by atoms with Gasteiger partial charge in [0.05, 0.1) is 19.4 Å². The SMILES string of the molecule is CO[C@H]1COC[C@@H]1n1cc2nc(Br)ccc2n1. The molecule has 6 heteroatoms. The lowest BCUT2D eigenvalue weighted by Gasteiger charge is -2.15. The van der Waals surface area contributed by atoms with Crippen LogP contribution in [0, 0.1) is 0 Å². The summed E-state index contributed by atoms with van der Waals surface area (Å²) < 4.78 is 13.5. The van der Waals surface area contributed by atoms with Crippen LogP contribution < -0.4 is 0 Å². The van der Waals surface area contributed by atoms with E-state index in [1.165, 1.54) is 0 Å². The highest BCUT2D eigenvalue weighted by molar-refractivity contribution is 9.10. The zero-order valence-electron chi connectivity index (χ0n) is 9.34. The van der Waals surface area contributed by atoms with Crippen LogP contribution in [0.4, 0.5) is 0 Å². The van der Waals surface area contributed by atoms with Crippen LogP contribution in [0.3, 0.4) is 0 Å². The van der Waals surface area contributed by atoms with E-state index in [0.717, 1.165) is 15.6 Å². The second-order valence-corrected chi connectivity index (χ2v) is 4.84. The average Bonchev–Trinajstić information content (AvgIpc) is 2.93. The van der Waals surface area contributed by atoms with E-state index in [-0.39, 0.29) is 12.1 Å². The fraction of sp³-hybridized carbons (Fsp3) is 0.455. The highest BCUT2D eigenvalue weighted by atomic mass is 79.9. The van der Waals surface area contributed by atoms with Crippen LogP contribution in [-0.4, -0.2) is 41.2 Å². The third kappa shape index (κ3) is 1.96. The predicted molar refractivity (Wildman–Crippen MR) is 65.9 cm³/mol. The van der Waals surface area contributed by atoms with Crippen LogP contribution in [0.25, 0.3) is 11.0 Å². The summed E-state index contributed by atoms with van der Waals surface area (Å²) in [6.45, 7) is 1.25. The number of halogens is 1. The van der Waals surface area contributed by atoms with E-state index >= 15 is 0 Å². The van der Waals surface area contributed by atoms with Crippen molar-refractivity contribution in [2.45, 2.75) is 12.1 Å². The molecule has 0 amide bonds. The summed E-state index contributed by atoms with van der Waals surface area (Å²) in [5, 5.41) is 4.51. The molecule has 90 valence electrons. The molecule has 0 spiro atoms. The van der Waals surface area contributed by atoms with Gasteiger partial charge < -0.3 is 9.47 Å². The third-order valence-corrected chi connectivity index (χ3v) is 3.43.